The fourth-order valence-electron chi connectivity index (χ4n) is 2.25. The van der Waals surface area contributed by atoms with Crippen LogP contribution in [0.1, 0.15) is 37.3 Å². The number of hydrogen-bond acceptors (Lipinski definition) is 4. The lowest BCUT2D eigenvalue weighted by Gasteiger charge is -2.25. The summed E-state index contributed by atoms with van der Waals surface area (Å²) in [6, 6.07) is 0. The first-order valence-electron chi connectivity index (χ1n) is 6.61. The third kappa shape index (κ3) is 4.14. The van der Waals surface area contributed by atoms with Crippen molar-refractivity contribution in [2.45, 2.75) is 38.5 Å². The van der Waals surface area contributed by atoms with Crippen molar-refractivity contribution in [2.24, 2.45) is 0 Å². The summed E-state index contributed by atoms with van der Waals surface area (Å²) in [4.78, 5) is 17.2. The van der Waals surface area contributed by atoms with Crippen molar-refractivity contribution in [1.82, 2.24) is 9.88 Å². The topological polar surface area (TPSA) is 66.6 Å². The van der Waals surface area contributed by atoms with Gasteiger partial charge in [-0.3, -0.25) is 4.79 Å². The number of carboxylic acid groups (broad SMARTS) is 1. The molecule has 0 bridgehead atoms. The maximum Gasteiger partial charge on any atom is 0.303 e. The molecule has 0 saturated carbocycles. The Hall–Kier alpha value is -1.36. The van der Waals surface area contributed by atoms with E-state index in [1.54, 1.807) is 6.26 Å². The molecule has 1 aliphatic rings. The highest BCUT2D eigenvalue weighted by Crippen LogP contribution is 2.10. The van der Waals surface area contributed by atoms with Crippen LogP contribution in [0.3, 0.4) is 0 Å². The molecule has 1 aromatic rings. The maximum absolute atomic E-state index is 10.4. The SMILES string of the molecule is O=C(O)CCc1coc(CCN2CCCCC2)n1. The number of rotatable bonds is 6. The van der Waals surface area contributed by atoms with E-state index in [-0.39, 0.29) is 6.42 Å². The monoisotopic (exact) mass is 252 g/mol. The molecule has 0 aliphatic carbocycles. The molecule has 5 nitrogen and oxygen atoms in total. The van der Waals surface area contributed by atoms with E-state index in [0.717, 1.165) is 24.6 Å². The number of aliphatic carboxylic acids is 1. The molecule has 100 valence electrons. The van der Waals surface area contributed by atoms with Crippen LogP contribution in [0.2, 0.25) is 0 Å². The minimum atomic E-state index is -0.798. The molecular weight excluding hydrogens is 232 g/mol. The summed E-state index contributed by atoms with van der Waals surface area (Å²) in [6.45, 7) is 3.33. The van der Waals surface area contributed by atoms with Crippen molar-refractivity contribution >= 4 is 5.97 Å². The van der Waals surface area contributed by atoms with Crippen LogP contribution in [-0.2, 0) is 17.6 Å². The number of aryl methyl sites for hydroxylation is 1. The van der Waals surface area contributed by atoms with Gasteiger partial charge in [0.1, 0.15) is 6.26 Å². The van der Waals surface area contributed by atoms with Crippen molar-refractivity contribution in [3.05, 3.63) is 17.8 Å². The number of aromatic nitrogens is 1. The molecule has 2 rings (SSSR count). The number of piperidine rings is 1. The van der Waals surface area contributed by atoms with Gasteiger partial charge < -0.3 is 14.4 Å². The molecule has 1 saturated heterocycles. The van der Waals surface area contributed by atoms with Gasteiger partial charge in [-0.25, -0.2) is 4.98 Å². The molecular formula is C13H20N2O3. The minimum Gasteiger partial charge on any atom is -0.481 e. The number of likely N-dealkylation sites (tertiary alicyclic amines) is 1. The van der Waals surface area contributed by atoms with Crippen molar-refractivity contribution in [3.63, 3.8) is 0 Å². The summed E-state index contributed by atoms with van der Waals surface area (Å²) in [6.07, 6.45) is 6.86. The molecule has 1 fully saturated rings. The second-order valence-electron chi connectivity index (χ2n) is 4.78. The van der Waals surface area contributed by atoms with Gasteiger partial charge in [0.25, 0.3) is 0 Å². The Bertz CT molecular complexity index is 383. The van der Waals surface area contributed by atoms with Crippen LogP contribution in [0.5, 0.6) is 0 Å². The Morgan fingerprint density at radius 2 is 2.11 bits per heavy atom. The number of carboxylic acids is 1. The maximum atomic E-state index is 10.4. The van der Waals surface area contributed by atoms with E-state index in [2.05, 4.69) is 9.88 Å². The number of oxazole rings is 1. The van der Waals surface area contributed by atoms with Gasteiger partial charge in [0.2, 0.25) is 0 Å². The van der Waals surface area contributed by atoms with E-state index in [1.165, 1.54) is 32.4 Å². The molecule has 18 heavy (non-hydrogen) atoms. The summed E-state index contributed by atoms with van der Waals surface area (Å²) >= 11 is 0. The van der Waals surface area contributed by atoms with E-state index >= 15 is 0 Å². The highest BCUT2D eigenvalue weighted by Gasteiger charge is 2.12. The quantitative estimate of drug-likeness (QED) is 0.835. The molecule has 0 amide bonds. The van der Waals surface area contributed by atoms with Gasteiger partial charge in [0, 0.05) is 19.4 Å². The Balaban J connectivity index is 1.73. The van der Waals surface area contributed by atoms with Gasteiger partial charge in [-0.15, -0.1) is 0 Å². The van der Waals surface area contributed by atoms with Gasteiger partial charge in [-0.1, -0.05) is 6.42 Å². The predicted octanol–water partition coefficient (Wildman–Crippen LogP) is 1.72. The first-order valence-corrected chi connectivity index (χ1v) is 6.61. The summed E-state index contributed by atoms with van der Waals surface area (Å²) in [5.74, 6) is -0.0752. The summed E-state index contributed by atoms with van der Waals surface area (Å²) < 4.78 is 5.36. The molecule has 1 aromatic heterocycles. The first kappa shape index (κ1) is 13.1. The van der Waals surface area contributed by atoms with Crippen LogP contribution in [0.4, 0.5) is 0 Å². The van der Waals surface area contributed by atoms with E-state index < -0.39 is 5.97 Å². The van der Waals surface area contributed by atoms with Crippen molar-refractivity contribution in [3.8, 4) is 0 Å². The van der Waals surface area contributed by atoms with Gasteiger partial charge >= 0.3 is 5.97 Å². The van der Waals surface area contributed by atoms with Crippen molar-refractivity contribution in [2.75, 3.05) is 19.6 Å². The zero-order valence-corrected chi connectivity index (χ0v) is 10.6. The zero-order valence-electron chi connectivity index (χ0n) is 10.6. The van der Waals surface area contributed by atoms with Gasteiger partial charge in [0.05, 0.1) is 12.1 Å². The molecule has 0 radical (unpaired) electrons. The molecule has 0 unspecified atom stereocenters. The minimum absolute atomic E-state index is 0.109. The Morgan fingerprint density at radius 3 is 2.83 bits per heavy atom. The second-order valence-corrected chi connectivity index (χ2v) is 4.78. The Kier molecular flexibility index (Phi) is 4.75. The number of carbonyl (C=O) groups is 1. The molecule has 0 spiro atoms. The van der Waals surface area contributed by atoms with Gasteiger partial charge in [-0.05, 0) is 25.9 Å². The van der Waals surface area contributed by atoms with Crippen LogP contribution < -0.4 is 0 Å². The Labute approximate surface area is 107 Å². The zero-order chi connectivity index (χ0) is 12.8. The van der Waals surface area contributed by atoms with E-state index in [1.807, 2.05) is 0 Å². The number of nitrogens with zero attached hydrogens (tertiary/aromatic N) is 2. The predicted molar refractivity (Wildman–Crippen MR) is 66.5 cm³/mol. The van der Waals surface area contributed by atoms with Crippen LogP contribution in [0.15, 0.2) is 10.7 Å². The molecule has 0 atom stereocenters. The van der Waals surface area contributed by atoms with Crippen LogP contribution in [-0.4, -0.2) is 40.6 Å². The normalized spacial score (nSPS) is 16.9. The fourth-order valence-corrected chi connectivity index (χ4v) is 2.25. The lowest BCUT2D eigenvalue weighted by atomic mass is 10.1. The van der Waals surface area contributed by atoms with Crippen LogP contribution in [0.25, 0.3) is 0 Å². The number of hydrogen-bond donors (Lipinski definition) is 1. The Morgan fingerprint density at radius 1 is 1.33 bits per heavy atom. The summed E-state index contributed by atoms with van der Waals surface area (Å²) in [7, 11) is 0. The molecule has 2 heterocycles. The van der Waals surface area contributed by atoms with Gasteiger partial charge in [0.15, 0.2) is 5.89 Å². The smallest absolute Gasteiger partial charge is 0.303 e. The highest BCUT2D eigenvalue weighted by molar-refractivity contribution is 5.66. The third-order valence-corrected chi connectivity index (χ3v) is 3.28. The van der Waals surface area contributed by atoms with E-state index in [0.29, 0.717) is 6.42 Å². The molecule has 1 N–H and O–H groups in total. The standard InChI is InChI=1S/C13H20N2O3/c16-13(17)5-4-11-10-18-12(14-11)6-9-15-7-2-1-3-8-15/h10H,1-9H2,(H,16,17). The molecule has 1 aliphatic heterocycles. The average molecular weight is 252 g/mol. The largest absolute Gasteiger partial charge is 0.481 e. The molecule has 0 aromatic carbocycles. The summed E-state index contributed by atoms with van der Waals surface area (Å²) in [5, 5.41) is 8.59. The lowest BCUT2D eigenvalue weighted by Crippen LogP contribution is -2.31. The van der Waals surface area contributed by atoms with E-state index in [4.69, 9.17) is 9.52 Å². The van der Waals surface area contributed by atoms with Crippen molar-refractivity contribution in [1.29, 1.82) is 0 Å². The fraction of sp³-hybridized carbons (Fsp3) is 0.692. The summed E-state index contributed by atoms with van der Waals surface area (Å²) in [5.41, 5.74) is 0.742. The average Bonchev–Trinajstić information content (AvgIpc) is 2.83. The van der Waals surface area contributed by atoms with Gasteiger partial charge in [-0.2, -0.15) is 0 Å². The lowest BCUT2D eigenvalue weighted by molar-refractivity contribution is -0.136. The highest BCUT2D eigenvalue weighted by atomic mass is 16.4. The van der Waals surface area contributed by atoms with Crippen LogP contribution in [0, 0.1) is 0 Å². The first-order chi connectivity index (χ1) is 8.74. The van der Waals surface area contributed by atoms with Crippen LogP contribution >= 0.6 is 0 Å². The van der Waals surface area contributed by atoms with Crippen molar-refractivity contribution < 1.29 is 14.3 Å². The molecule has 5 heteroatoms. The van der Waals surface area contributed by atoms with E-state index in [9.17, 15) is 4.79 Å². The second kappa shape index (κ2) is 6.54. The third-order valence-electron chi connectivity index (χ3n) is 3.28.